The molecule has 0 amide bonds. The van der Waals surface area contributed by atoms with Crippen molar-refractivity contribution in [1.29, 1.82) is 0 Å². The summed E-state index contributed by atoms with van der Waals surface area (Å²) in [6.07, 6.45) is 0.885. The van der Waals surface area contributed by atoms with Crippen LogP contribution >= 0.6 is 0 Å². The maximum Gasteiger partial charge on any atom is 0.0500 e. The van der Waals surface area contributed by atoms with Crippen LogP contribution in [0.15, 0.2) is 24.3 Å². The molecule has 12 heavy (non-hydrogen) atoms. The van der Waals surface area contributed by atoms with E-state index in [-0.39, 0.29) is 18.6 Å². The summed E-state index contributed by atoms with van der Waals surface area (Å²) in [6.45, 7) is 0.213. The van der Waals surface area contributed by atoms with Gasteiger partial charge in [0.1, 0.15) is 0 Å². The molecule has 1 aromatic carbocycles. The Morgan fingerprint density at radius 3 is 2.67 bits per heavy atom. The molecule has 64 valence electrons. The van der Waals surface area contributed by atoms with Gasteiger partial charge in [-0.3, -0.25) is 0 Å². The largest absolute Gasteiger partial charge is 0.396 e. The molecule has 2 atom stereocenters. The van der Waals surface area contributed by atoms with Crippen molar-refractivity contribution in [3.8, 4) is 0 Å². The van der Waals surface area contributed by atoms with E-state index in [0.29, 0.717) is 0 Å². The second-order valence-electron chi connectivity index (χ2n) is 3.35. The van der Waals surface area contributed by atoms with Gasteiger partial charge in [0.2, 0.25) is 0 Å². The van der Waals surface area contributed by atoms with Gasteiger partial charge in [0, 0.05) is 12.0 Å². The topological polar surface area (TPSA) is 46.2 Å². The molecular weight excluding hydrogens is 150 g/mol. The summed E-state index contributed by atoms with van der Waals surface area (Å²) >= 11 is 0. The lowest BCUT2D eigenvalue weighted by Gasteiger charge is -2.05. The third-order valence-electron chi connectivity index (χ3n) is 2.59. The first-order valence-corrected chi connectivity index (χ1v) is 4.28. The molecule has 1 aliphatic carbocycles. The van der Waals surface area contributed by atoms with Gasteiger partial charge in [-0.05, 0) is 17.5 Å². The van der Waals surface area contributed by atoms with E-state index >= 15 is 0 Å². The van der Waals surface area contributed by atoms with E-state index in [0.717, 1.165) is 6.42 Å². The summed E-state index contributed by atoms with van der Waals surface area (Å²) in [7, 11) is 0. The zero-order valence-corrected chi connectivity index (χ0v) is 6.90. The predicted octanol–water partition coefficient (Wildman–Crippen LogP) is 1.17. The average molecular weight is 163 g/mol. The minimum Gasteiger partial charge on any atom is -0.396 e. The highest BCUT2D eigenvalue weighted by molar-refractivity contribution is 5.37. The molecule has 0 radical (unpaired) electrons. The van der Waals surface area contributed by atoms with Crippen molar-refractivity contribution < 1.29 is 5.11 Å². The number of hydrogen-bond acceptors (Lipinski definition) is 2. The molecule has 3 N–H and O–H groups in total. The minimum atomic E-state index is 0.123. The van der Waals surface area contributed by atoms with Gasteiger partial charge >= 0.3 is 0 Å². The fourth-order valence-corrected chi connectivity index (χ4v) is 1.95. The Morgan fingerprint density at radius 2 is 2.00 bits per heavy atom. The van der Waals surface area contributed by atoms with E-state index in [1.54, 1.807) is 0 Å². The molecule has 0 saturated carbocycles. The number of hydrogen-bond donors (Lipinski definition) is 2. The first kappa shape index (κ1) is 7.77. The van der Waals surface area contributed by atoms with Crippen molar-refractivity contribution in [2.24, 2.45) is 5.73 Å². The van der Waals surface area contributed by atoms with E-state index in [1.165, 1.54) is 11.1 Å². The molecule has 1 aromatic rings. The first-order valence-electron chi connectivity index (χ1n) is 4.28. The summed E-state index contributed by atoms with van der Waals surface area (Å²) in [6, 6.07) is 8.23. The number of aliphatic hydroxyl groups is 1. The van der Waals surface area contributed by atoms with Crippen LogP contribution in [-0.2, 0) is 0 Å². The molecular formula is C10H13NO. The van der Waals surface area contributed by atoms with Crippen LogP contribution in [-0.4, -0.2) is 11.7 Å². The molecule has 0 fully saturated rings. The predicted molar refractivity (Wildman–Crippen MR) is 47.8 cm³/mol. The average Bonchev–Trinajstić information content (AvgIpc) is 2.44. The maximum atomic E-state index is 9.08. The molecule has 2 rings (SSSR count). The first-order chi connectivity index (χ1) is 5.83. The zero-order valence-electron chi connectivity index (χ0n) is 6.90. The van der Waals surface area contributed by atoms with Crippen LogP contribution in [0.3, 0.4) is 0 Å². The third-order valence-corrected chi connectivity index (χ3v) is 2.59. The Morgan fingerprint density at radius 1 is 1.33 bits per heavy atom. The number of rotatable bonds is 1. The van der Waals surface area contributed by atoms with Crippen molar-refractivity contribution >= 4 is 0 Å². The maximum absolute atomic E-state index is 9.08. The Bertz CT molecular complexity index is 285. The van der Waals surface area contributed by atoms with E-state index in [9.17, 15) is 0 Å². The normalized spacial score (nSPS) is 27.2. The Hall–Kier alpha value is -0.860. The highest BCUT2D eigenvalue weighted by atomic mass is 16.3. The molecule has 0 aromatic heterocycles. The molecule has 0 saturated heterocycles. The highest BCUT2D eigenvalue weighted by Gasteiger charge is 2.26. The summed E-state index contributed by atoms with van der Waals surface area (Å²) in [5.41, 5.74) is 8.34. The van der Waals surface area contributed by atoms with Crippen LogP contribution in [0.25, 0.3) is 0 Å². The summed E-state index contributed by atoms with van der Waals surface area (Å²) in [4.78, 5) is 0. The second-order valence-corrected chi connectivity index (χ2v) is 3.35. The van der Waals surface area contributed by atoms with Crippen molar-refractivity contribution in [3.05, 3.63) is 35.4 Å². The number of benzene rings is 1. The second kappa shape index (κ2) is 2.88. The fourth-order valence-electron chi connectivity index (χ4n) is 1.95. The fraction of sp³-hybridized carbons (Fsp3) is 0.400. The Kier molecular flexibility index (Phi) is 1.87. The van der Waals surface area contributed by atoms with Gasteiger partial charge in [0.25, 0.3) is 0 Å². The van der Waals surface area contributed by atoms with E-state index in [1.807, 2.05) is 12.1 Å². The third kappa shape index (κ3) is 1.04. The minimum absolute atomic E-state index is 0.123. The molecule has 0 unspecified atom stereocenters. The monoisotopic (exact) mass is 163 g/mol. The van der Waals surface area contributed by atoms with Gasteiger partial charge in [0.15, 0.2) is 0 Å². The molecule has 0 aliphatic heterocycles. The number of fused-ring (bicyclic) bond motifs is 1. The van der Waals surface area contributed by atoms with E-state index in [4.69, 9.17) is 10.8 Å². The van der Waals surface area contributed by atoms with Crippen LogP contribution in [0, 0.1) is 0 Å². The number of aliphatic hydroxyl groups excluding tert-OH is 1. The molecule has 2 heteroatoms. The van der Waals surface area contributed by atoms with Crippen LogP contribution in [0.4, 0.5) is 0 Å². The summed E-state index contributed by atoms with van der Waals surface area (Å²) in [5.74, 6) is 0.260. The van der Waals surface area contributed by atoms with E-state index in [2.05, 4.69) is 12.1 Å². The smallest absolute Gasteiger partial charge is 0.0500 e. The SMILES string of the molecule is N[C@@H]1C[C@H](CO)c2ccccc21. The van der Waals surface area contributed by atoms with Gasteiger partial charge in [-0.15, -0.1) is 0 Å². The molecule has 0 heterocycles. The molecule has 2 nitrogen and oxygen atoms in total. The summed E-state index contributed by atoms with van der Waals surface area (Å²) in [5, 5.41) is 9.08. The Balaban J connectivity index is 2.43. The van der Waals surface area contributed by atoms with Crippen molar-refractivity contribution in [1.82, 2.24) is 0 Å². The van der Waals surface area contributed by atoms with Gasteiger partial charge < -0.3 is 10.8 Å². The van der Waals surface area contributed by atoms with Gasteiger partial charge in [-0.1, -0.05) is 24.3 Å². The van der Waals surface area contributed by atoms with Gasteiger partial charge in [-0.2, -0.15) is 0 Å². The summed E-state index contributed by atoms with van der Waals surface area (Å²) < 4.78 is 0. The lowest BCUT2D eigenvalue weighted by molar-refractivity contribution is 0.261. The molecule has 1 aliphatic rings. The van der Waals surface area contributed by atoms with E-state index < -0.39 is 0 Å². The van der Waals surface area contributed by atoms with Crippen LogP contribution < -0.4 is 5.73 Å². The van der Waals surface area contributed by atoms with Crippen LogP contribution in [0.1, 0.15) is 29.5 Å². The quantitative estimate of drug-likeness (QED) is 0.652. The lowest BCUT2D eigenvalue weighted by Crippen LogP contribution is -2.06. The van der Waals surface area contributed by atoms with Gasteiger partial charge in [-0.25, -0.2) is 0 Å². The Labute approximate surface area is 72.0 Å². The van der Waals surface area contributed by atoms with Crippen LogP contribution in [0.2, 0.25) is 0 Å². The van der Waals surface area contributed by atoms with Crippen molar-refractivity contribution in [2.45, 2.75) is 18.4 Å². The lowest BCUT2D eigenvalue weighted by atomic mass is 10.0. The van der Waals surface area contributed by atoms with Crippen molar-refractivity contribution in [2.75, 3.05) is 6.61 Å². The molecule has 0 spiro atoms. The number of nitrogens with two attached hydrogens (primary N) is 1. The standard InChI is InChI=1S/C10H13NO/c11-10-5-7(6-12)8-3-1-2-4-9(8)10/h1-4,7,10,12H,5-6,11H2/t7-,10-/m1/s1. The van der Waals surface area contributed by atoms with Crippen molar-refractivity contribution in [3.63, 3.8) is 0 Å². The zero-order chi connectivity index (χ0) is 8.55. The highest BCUT2D eigenvalue weighted by Crippen LogP contribution is 2.37. The van der Waals surface area contributed by atoms with Crippen LogP contribution in [0.5, 0.6) is 0 Å². The molecule has 0 bridgehead atoms. The van der Waals surface area contributed by atoms with Gasteiger partial charge in [0.05, 0.1) is 6.61 Å².